The van der Waals surface area contributed by atoms with E-state index in [-0.39, 0.29) is 0 Å². The second kappa shape index (κ2) is 6.02. The van der Waals surface area contributed by atoms with Crippen molar-refractivity contribution in [3.05, 3.63) is 5.82 Å². The Morgan fingerprint density at radius 1 is 1.33 bits per heavy atom. The van der Waals surface area contributed by atoms with E-state index in [1.54, 1.807) is 0 Å². The van der Waals surface area contributed by atoms with Crippen LogP contribution in [0, 0.1) is 0 Å². The quantitative estimate of drug-likeness (QED) is 0.677. The standard InChI is InChI=1S/C10H20N4S/c1-4-6-9-11-12-10(15)14(9)8-5-7-13(2)3/h4-8H2,1-3H3,(H,12,15). The van der Waals surface area contributed by atoms with Crippen molar-refractivity contribution in [2.75, 3.05) is 20.6 Å². The van der Waals surface area contributed by atoms with Gasteiger partial charge >= 0.3 is 0 Å². The van der Waals surface area contributed by atoms with E-state index in [2.05, 4.69) is 35.8 Å². The highest BCUT2D eigenvalue weighted by atomic mass is 32.1. The lowest BCUT2D eigenvalue weighted by molar-refractivity contribution is -0.858. The molecular weight excluding hydrogens is 208 g/mol. The average Bonchev–Trinajstić information content (AvgIpc) is 2.50. The summed E-state index contributed by atoms with van der Waals surface area (Å²) in [6.45, 7) is 4.25. The van der Waals surface area contributed by atoms with Crippen LogP contribution in [0.3, 0.4) is 0 Å². The fourth-order valence-electron chi connectivity index (χ4n) is 1.54. The van der Waals surface area contributed by atoms with Crippen LogP contribution < -0.4 is 4.90 Å². The average molecular weight is 228 g/mol. The lowest BCUT2D eigenvalue weighted by atomic mass is 10.3. The molecule has 0 amide bonds. The lowest BCUT2D eigenvalue weighted by Crippen LogP contribution is -3.05. The van der Waals surface area contributed by atoms with Crippen LogP contribution in [0.1, 0.15) is 25.6 Å². The minimum atomic E-state index is 0.632. The molecule has 1 heterocycles. The smallest absolute Gasteiger partial charge is 0.131 e. The maximum Gasteiger partial charge on any atom is 0.131 e. The number of nitrogens with one attached hydrogen (secondary N) is 1. The normalized spacial score (nSPS) is 11.2. The van der Waals surface area contributed by atoms with Gasteiger partial charge in [-0.05, 0) is 6.42 Å². The molecule has 0 atom stereocenters. The summed E-state index contributed by atoms with van der Waals surface area (Å²) in [4.78, 5) is 1.46. The van der Waals surface area contributed by atoms with Gasteiger partial charge in [-0.1, -0.05) is 6.92 Å². The van der Waals surface area contributed by atoms with Gasteiger partial charge in [-0.15, -0.1) is 5.10 Å². The van der Waals surface area contributed by atoms with E-state index in [0.29, 0.717) is 5.16 Å². The number of aryl methyl sites for hydroxylation is 1. The van der Waals surface area contributed by atoms with Gasteiger partial charge in [-0.2, -0.15) is 5.10 Å². The first-order valence-electron chi connectivity index (χ1n) is 5.53. The minimum absolute atomic E-state index is 0.632. The maximum absolute atomic E-state index is 5.15. The molecule has 5 heteroatoms. The number of quaternary nitrogens is 1. The Balaban J connectivity index is 2.54. The molecule has 1 aromatic rings. The number of hydrogen-bond donors (Lipinski definition) is 1. The molecule has 4 nitrogen and oxygen atoms in total. The van der Waals surface area contributed by atoms with Gasteiger partial charge in [0.15, 0.2) is 0 Å². The highest BCUT2D eigenvalue weighted by Gasteiger charge is 2.04. The minimum Gasteiger partial charge on any atom is -0.740 e. The second-order valence-electron chi connectivity index (χ2n) is 4.11. The molecule has 0 saturated carbocycles. The molecule has 0 radical (unpaired) electrons. The van der Waals surface area contributed by atoms with Crippen molar-refractivity contribution in [3.8, 4) is 0 Å². The molecule has 15 heavy (non-hydrogen) atoms. The molecule has 0 bridgehead atoms. The summed E-state index contributed by atoms with van der Waals surface area (Å²) in [6.07, 6.45) is 3.19. The van der Waals surface area contributed by atoms with Crippen molar-refractivity contribution < 1.29 is 4.90 Å². The molecule has 0 saturated heterocycles. The number of hydrogen-bond acceptors (Lipinski definition) is 3. The fraction of sp³-hybridized carbons (Fsp3) is 0.800. The summed E-state index contributed by atoms with van der Waals surface area (Å²) in [5.74, 6) is 1.04. The molecule has 0 aliphatic heterocycles. The Hall–Kier alpha value is -0.680. The topological polar surface area (TPSA) is 35.1 Å². The van der Waals surface area contributed by atoms with Gasteiger partial charge in [0.2, 0.25) is 0 Å². The van der Waals surface area contributed by atoms with Gasteiger partial charge in [0.25, 0.3) is 0 Å². The van der Waals surface area contributed by atoms with Gasteiger partial charge in [0.05, 0.1) is 20.6 Å². The number of aromatic nitrogens is 3. The van der Waals surface area contributed by atoms with Crippen LogP contribution in [-0.2, 0) is 25.6 Å². The van der Waals surface area contributed by atoms with Crippen molar-refractivity contribution in [1.82, 2.24) is 14.8 Å². The molecule has 1 rings (SSSR count). The van der Waals surface area contributed by atoms with Crippen LogP contribution in [0.5, 0.6) is 0 Å². The van der Waals surface area contributed by atoms with Gasteiger partial charge in [0, 0.05) is 24.5 Å². The van der Waals surface area contributed by atoms with Crippen LogP contribution in [0.4, 0.5) is 0 Å². The summed E-state index contributed by atoms with van der Waals surface area (Å²) in [6, 6.07) is 0. The third-order valence-electron chi connectivity index (χ3n) is 2.33. The van der Waals surface area contributed by atoms with Crippen molar-refractivity contribution in [1.29, 1.82) is 0 Å². The van der Waals surface area contributed by atoms with E-state index in [4.69, 9.17) is 12.6 Å². The first-order valence-corrected chi connectivity index (χ1v) is 5.94. The fourth-order valence-corrected chi connectivity index (χ4v) is 1.78. The molecular formula is C10H20N4S. The maximum atomic E-state index is 5.15. The predicted octanol–water partition coefficient (Wildman–Crippen LogP) is -0.329. The Morgan fingerprint density at radius 3 is 2.67 bits per heavy atom. The van der Waals surface area contributed by atoms with Gasteiger partial charge < -0.3 is 22.1 Å². The van der Waals surface area contributed by atoms with E-state index < -0.39 is 0 Å². The summed E-state index contributed by atoms with van der Waals surface area (Å²) >= 11 is 5.15. The van der Waals surface area contributed by atoms with Gasteiger partial charge in [0.1, 0.15) is 5.82 Å². The molecule has 0 fully saturated rings. The van der Waals surface area contributed by atoms with Crippen molar-refractivity contribution >= 4 is 12.6 Å². The molecule has 0 unspecified atom stereocenters. The van der Waals surface area contributed by atoms with Crippen LogP contribution in [0.2, 0.25) is 0 Å². The zero-order chi connectivity index (χ0) is 11.3. The molecule has 1 aromatic heterocycles. The Kier molecular flexibility index (Phi) is 4.98. The van der Waals surface area contributed by atoms with Gasteiger partial charge in [-0.3, -0.25) is 0 Å². The molecule has 1 N–H and O–H groups in total. The second-order valence-corrected chi connectivity index (χ2v) is 4.48. The SMILES string of the molecule is CCCc1nnc([S-])n1CCC[NH+](C)C. The Labute approximate surface area is 97.1 Å². The van der Waals surface area contributed by atoms with Crippen molar-refractivity contribution in [2.24, 2.45) is 0 Å². The van der Waals surface area contributed by atoms with Crippen LogP contribution in [-0.4, -0.2) is 35.4 Å². The first-order chi connectivity index (χ1) is 7.15. The zero-order valence-corrected chi connectivity index (χ0v) is 10.6. The largest absolute Gasteiger partial charge is 0.740 e. The lowest BCUT2D eigenvalue weighted by Gasteiger charge is -2.13. The summed E-state index contributed by atoms with van der Waals surface area (Å²) < 4.78 is 2.07. The van der Waals surface area contributed by atoms with Crippen LogP contribution in [0.25, 0.3) is 0 Å². The first kappa shape index (κ1) is 12.4. The molecule has 0 aliphatic rings. The van der Waals surface area contributed by atoms with Gasteiger partial charge in [-0.25, -0.2) is 0 Å². The van der Waals surface area contributed by atoms with Crippen LogP contribution in [0.15, 0.2) is 5.16 Å². The van der Waals surface area contributed by atoms with E-state index in [1.165, 1.54) is 4.90 Å². The number of nitrogens with zero attached hydrogens (tertiary/aromatic N) is 3. The summed E-state index contributed by atoms with van der Waals surface area (Å²) in [5.41, 5.74) is 0. The zero-order valence-electron chi connectivity index (χ0n) is 9.79. The summed E-state index contributed by atoms with van der Waals surface area (Å²) in [7, 11) is 4.32. The predicted molar refractivity (Wildman–Crippen MR) is 61.9 cm³/mol. The Bertz CT molecular complexity index is 296. The monoisotopic (exact) mass is 228 g/mol. The van der Waals surface area contributed by atoms with Crippen molar-refractivity contribution in [2.45, 2.75) is 37.9 Å². The summed E-state index contributed by atoms with van der Waals surface area (Å²) in [5, 5.41) is 8.69. The van der Waals surface area contributed by atoms with Crippen LogP contribution >= 0.6 is 0 Å². The van der Waals surface area contributed by atoms with Crippen molar-refractivity contribution in [3.63, 3.8) is 0 Å². The van der Waals surface area contributed by atoms with E-state index in [9.17, 15) is 0 Å². The van der Waals surface area contributed by atoms with E-state index in [0.717, 1.165) is 38.2 Å². The molecule has 0 aliphatic carbocycles. The van der Waals surface area contributed by atoms with E-state index in [1.807, 2.05) is 0 Å². The molecule has 86 valence electrons. The third kappa shape index (κ3) is 3.76. The highest BCUT2D eigenvalue weighted by Crippen LogP contribution is 2.04. The molecule has 0 aromatic carbocycles. The number of rotatable bonds is 6. The van der Waals surface area contributed by atoms with E-state index >= 15 is 0 Å². The third-order valence-corrected chi connectivity index (χ3v) is 2.63. The molecule has 0 spiro atoms. The highest BCUT2D eigenvalue weighted by molar-refractivity contribution is 7.58. The Morgan fingerprint density at radius 2 is 2.07 bits per heavy atom.